The van der Waals surface area contributed by atoms with E-state index >= 15 is 0 Å². The summed E-state index contributed by atoms with van der Waals surface area (Å²) in [5.41, 5.74) is 0. The molecular weight excluding hydrogens is 785 g/mol. The summed E-state index contributed by atoms with van der Waals surface area (Å²) in [5, 5.41) is 9.26. The van der Waals surface area contributed by atoms with Crippen LogP contribution in [-0.2, 0) is 15.7 Å². The number of rotatable bonds is 22. The lowest BCUT2D eigenvalue weighted by molar-refractivity contribution is -0.305. The predicted molar refractivity (Wildman–Crippen MR) is 239 cm³/mol. The molecule has 0 unspecified atom stereocenters. The second-order valence-electron chi connectivity index (χ2n) is 16.8. The average Bonchev–Trinajstić information content (AvgIpc) is 3.05. The minimum absolute atomic E-state index is 0.0842. The molecule has 60 heavy (non-hydrogen) atoms. The SMILES string of the molecule is CC(C)Oc1cc(OC(C)C)c([S+](c2c(OC(C)C)cc(OC(C)C)cc2OC(C)C)c2c(OC(C)C)cc(OC(C)C)cc2OC(C)C)c(OC(C)C)c1.CCC(=O)[O-]. The topological polar surface area (TPSA) is 123 Å². The van der Waals surface area contributed by atoms with Gasteiger partial charge in [0.15, 0.2) is 34.5 Å². The van der Waals surface area contributed by atoms with Crippen molar-refractivity contribution >= 4 is 16.9 Å². The fraction of sp³-hybridized carbons (Fsp3) is 0.604. The van der Waals surface area contributed by atoms with Crippen molar-refractivity contribution in [2.75, 3.05) is 0 Å². The van der Waals surface area contributed by atoms with Crippen LogP contribution in [0.5, 0.6) is 51.7 Å². The number of aliphatic carboxylic acids is 1. The molecule has 338 valence electrons. The van der Waals surface area contributed by atoms with Crippen LogP contribution in [0.1, 0.15) is 138 Å². The molecule has 12 heteroatoms. The van der Waals surface area contributed by atoms with Crippen LogP contribution in [0.3, 0.4) is 0 Å². The maximum atomic E-state index is 9.26. The Morgan fingerprint density at radius 1 is 0.383 bits per heavy atom. The van der Waals surface area contributed by atoms with Crippen LogP contribution in [0.15, 0.2) is 51.1 Å². The average molecular weight is 859 g/mol. The van der Waals surface area contributed by atoms with Gasteiger partial charge < -0.3 is 52.5 Å². The first-order valence-electron chi connectivity index (χ1n) is 21.4. The first-order chi connectivity index (χ1) is 27.9. The van der Waals surface area contributed by atoms with Crippen molar-refractivity contribution in [1.29, 1.82) is 0 Å². The molecule has 0 atom stereocenters. The molecule has 0 bridgehead atoms. The lowest BCUT2D eigenvalue weighted by atomic mass is 10.2. The first-order valence-corrected chi connectivity index (χ1v) is 22.6. The number of carbonyl (C=O) groups excluding carboxylic acids is 1. The summed E-state index contributed by atoms with van der Waals surface area (Å²) in [6.45, 7) is 37.7. The van der Waals surface area contributed by atoms with E-state index in [1.54, 1.807) is 0 Å². The van der Waals surface area contributed by atoms with Gasteiger partial charge in [0.05, 0.1) is 54.9 Å². The molecule has 0 heterocycles. The summed E-state index contributed by atoms with van der Waals surface area (Å²) in [7, 11) is -1.16. The zero-order valence-corrected chi connectivity index (χ0v) is 40.6. The maximum absolute atomic E-state index is 9.26. The van der Waals surface area contributed by atoms with Gasteiger partial charge in [-0.15, -0.1) is 0 Å². The second kappa shape index (κ2) is 24.2. The predicted octanol–water partition coefficient (Wildman–Crippen LogP) is 11.0. The lowest BCUT2D eigenvalue weighted by Crippen LogP contribution is -2.21. The van der Waals surface area contributed by atoms with Gasteiger partial charge in [-0.1, -0.05) is 6.92 Å². The molecule has 0 saturated heterocycles. The van der Waals surface area contributed by atoms with Crippen LogP contribution in [0, 0.1) is 0 Å². The Morgan fingerprint density at radius 2 is 0.533 bits per heavy atom. The highest BCUT2D eigenvalue weighted by atomic mass is 32.2. The number of hydrogen-bond donors (Lipinski definition) is 0. The van der Waals surface area contributed by atoms with Crippen molar-refractivity contribution in [3.05, 3.63) is 36.4 Å². The number of carboxylic acids is 1. The van der Waals surface area contributed by atoms with Gasteiger partial charge in [-0.25, -0.2) is 0 Å². The van der Waals surface area contributed by atoms with E-state index in [1.165, 1.54) is 6.92 Å². The van der Waals surface area contributed by atoms with E-state index in [0.717, 1.165) is 14.7 Å². The Balaban J connectivity index is 0.00000233. The van der Waals surface area contributed by atoms with Crippen molar-refractivity contribution in [2.24, 2.45) is 0 Å². The quantitative estimate of drug-likeness (QED) is 0.0897. The molecule has 11 nitrogen and oxygen atoms in total. The van der Waals surface area contributed by atoms with E-state index in [4.69, 9.17) is 42.6 Å². The summed E-state index contributed by atoms with van der Waals surface area (Å²) < 4.78 is 59.7. The molecule has 0 spiro atoms. The van der Waals surface area contributed by atoms with Crippen molar-refractivity contribution in [3.63, 3.8) is 0 Å². The fourth-order valence-corrected chi connectivity index (χ4v) is 8.10. The molecule has 0 saturated carbocycles. The molecule has 0 aliphatic heterocycles. The van der Waals surface area contributed by atoms with Crippen molar-refractivity contribution in [2.45, 2.75) is 208 Å². The van der Waals surface area contributed by atoms with Gasteiger partial charge in [0.25, 0.3) is 14.7 Å². The Kier molecular flexibility index (Phi) is 20.9. The summed E-state index contributed by atoms with van der Waals surface area (Å²) in [6.07, 6.45) is -1.28. The van der Waals surface area contributed by atoms with E-state index < -0.39 is 16.9 Å². The number of hydrogen-bond acceptors (Lipinski definition) is 11. The van der Waals surface area contributed by atoms with E-state index in [0.29, 0.717) is 51.7 Å². The molecule has 0 N–H and O–H groups in total. The molecule has 3 aromatic carbocycles. The maximum Gasteiger partial charge on any atom is 0.250 e. The van der Waals surface area contributed by atoms with Gasteiger partial charge in [-0.3, -0.25) is 0 Å². The third kappa shape index (κ3) is 17.0. The number of carboxylic acid groups (broad SMARTS) is 1. The monoisotopic (exact) mass is 858 g/mol. The van der Waals surface area contributed by atoms with Gasteiger partial charge in [0, 0.05) is 42.4 Å². The van der Waals surface area contributed by atoms with Crippen LogP contribution in [0.2, 0.25) is 0 Å². The van der Waals surface area contributed by atoms with Crippen molar-refractivity contribution in [3.8, 4) is 51.7 Å². The first kappa shape index (κ1) is 51.8. The molecule has 0 aliphatic carbocycles. The zero-order chi connectivity index (χ0) is 45.6. The van der Waals surface area contributed by atoms with Crippen LogP contribution in [0.25, 0.3) is 0 Å². The van der Waals surface area contributed by atoms with E-state index in [9.17, 15) is 9.90 Å². The van der Waals surface area contributed by atoms with Gasteiger partial charge in [-0.2, -0.15) is 0 Å². The van der Waals surface area contributed by atoms with Gasteiger partial charge in [0.1, 0.15) is 28.1 Å². The third-order valence-electron chi connectivity index (χ3n) is 7.18. The molecular formula is C48H74O11S. The van der Waals surface area contributed by atoms with Crippen molar-refractivity contribution in [1.82, 2.24) is 0 Å². The summed E-state index contributed by atoms with van der Waals surface area (Å²) in [4.78, 5) is 11.5. The Morgan fingerprint density at radius 3 is 0.650 bits per heavy atom. The van der Waals surface area contributed by atoms with Gasteiger partial charge in [-0.05, 0) is 131 Å². The molecule has 3 rings (SSSR count). The minimum atomic E-state index is -1.16. The summed E-state index contributed by atoms with van der Waals surface area (Å²) in [5.74, 6) is 4.44. The zero-order valence-electron chi connectivity index (χ0n) is 39.8. The molecule has 0 amide bonds. The van der Waals surface area contributed by atoms with E-state index in [1.807, 2.05) is 161 Å². The molecule has 0 radical (unpaired) electrons. The number of ether oxygens (including phenoxy) is 9. The molecule has 0 fully saturated rings. The molecule has 0 aromatic heterocycles. The number of benzene rings is 3. The lowest BCUT2D eigenvalue weighted by Gasteiger charge is -2.26. The van der Waals surface area contributed by atoms with Crippen molar-refractivity contribution < 1.29 is 52.5 Å². The van der Waals surface area contributed by atoms with Gasteiger partial charge >= 0.3 is 0 Å². The van der Waals surface area contributed by atoms with Crippen LogP contribution in [0.4, 0.5) is 0 Å². The Bertz CT molecular complexity index is 1490. The molecule has 3 aromatic rings. The Hall–Kier alpha value is -4.32. The smallest absolute Gasteiger partial charge is 0.250 e. The summed E-state index contributed by atoms with van der Waals surface area (Å²) in [6, 6.07) is 11.7. The second-order valence-corrected chi connectivity index (χ2v) is 18.6. The van der Waals surface area contributed by atoms with E-state index in [-0.39, 0.29) is 61.4 Å². The normalized spacial score (nSPS) is 11.6. The van der Waals surface area contributed by atoms with Gasteiger partial charge in [0.2, 0.25) is 0 Å². The standard InChI is InChI=1S/C45H69O9S.C3H6O2/c1-25(2)46-34-19-37(49-28(7)8)43(38(20-34)50-29(9)10)55(44-39(51-30(11)12)21-35(47-26(3)4)22-40(44)52-31(13)14)45-41(53-32(15)16)23-36(48-27(5)6)24-42(45)54-33(17)18;1-2-3(4)5/h19-33H,1-18H3;2H2,1H3,(H,4,5)/q+1;/p-1. The highest BCUT2D eigenvalue weighted by molar-refractivity contribution is 7.97. The van der Waals surface area contributed by atoms with Crippen LogP contribution < -0.4 is 47.7 Å². The summed E-state index contributed by atoms with van der Waals surface area (Å²) >= 11 is 0. The highest BCUT2D eigenvalue weighted by Crippen LogP contribution is 2.56. The van der Waals surface area contributed by atoms with Crippen LogP contribution >= 0.6 is 0 Å². The fourth-order valence-electron chi connectivity index (χ4n) is 5.64. The van der Waals surface area contributed by atoms with Crippen LogP contribution in [-0.4, -0.2) is 60.9 Å². The minimum Gasteiger partial charge on any atom is -0.550 e. The number of carbonyl (C=O) groups is 1. The third-order valence-corrected chi connectivity index (χ3v) is 9.61. The highest BCUT2D eigenvalue weighted by Gasteiger charge is 2.48. The Labute approximate surface area is 364 Å². The van der Waals surface area contributed by atoms with E-state index in [2.05, 4.69) is 0 Å². The largest absolute Gasteiger partial charge is 0.550 e. The molecule has 0 aliphatic rings.